The number of carbonyl (C=O) groups is 4. The SMILES string of the molecule is CCOC(=O)[C@@]12C=C[C@H]1/C=C\CCCCC[C@H](NC(=O)OC(C)(C)C)C(=O)N1C[C@@]3(CCc4c(c(C)nc5ccc(C#N)cc45)O3)C[C@H]1C(=O)N2. The van der Waals surface area contributed by atoms with E-state index < -0.39 is 58.6 Å². The average molecular weight is 698 g/mol. The van der Waals surface area contributed by atoms with E-state index in [1.165, 1.54) is 4.90 Å². The van der Waals surface area contributed by atoms with Crippen molar-refractivity contribution in [2.24, 2.45) is 5.92 Å². The van der Waals surface area contributed by atoms with Gasteiger partial charge in [-0.25, -0.2) is 14.6 Å². The number of amides is 3. The summed E-state index contributed by atoms with van der Waals surface area (Å²) in [4.78, 5) is 61.9. The normalized spacial score (nSPS) is 28.4. The maximum atomic E-state index is 14.6. The van der Waals surface area contributed by atoms with Crippen molar-refractivity contribution in [2.75, 3.05) is 13.2 Å². The number of nitriles is 1. The Morgan fingerprint density at radius 2 is 2.00 bits per heavy atom. The van der Waals surface area contributed by atoms with Gasteiger partial charge < -0.3 is 29.7 Å². The van der Waals surface area contributed by atoms with Crippen LogP contribution < -0.4 is 15.4 Å². The molecule has 1 aliphatic carbocycles. The van der Waals surface area contributed by atoms with Gasteiger partial charge in [-0.1, -0.05) is 37.1 Å². The van der Waals surface area contributed by atoms with E-state index in [0.29, 0.717) is 42.7 Å². The van der Waals surface area contributed by atoms with Crippen LogP contribution in [0.5, 0.6) is 5.75 Å². The summed E-state index contributed by atoms with van der Waals surface area (Å²) >= 11 is 0. The van der Waals surface area contributed by atoms with Crippen molar-refractivity contribution in [3.63, 3.8) is 0 Å². The van der Waals surface area contributed by atoms with Gasteiger partial charge in [0, 0.05) is 23.3 Å². The first kappa shape index (κ1) is 35.9. The fourth-order valence-corrected chi connectivity index (χ4v) is 7.66. The zero-order chi connectivity index (χ0) is 36.6. The Morgan fingerprint density at radius 1 is 1.20 bits per heavy atom. The molecule has 1 spiro atoms. The number of esters is 1. The van der Waals surface area contributed by atoms with Crippen LogP contribution in [0.3, 0.4) is 0 Å². The van der Waals surface area contributed by atoms with E-state index in [1.807, 2.05) is 37.3 Å². The molecule has 0 saturated carbocycles. The summed E-state index contributed by atoms with van der Waals surface area (Å²) in [6.07, 6.45) is 11.4. The first-order chi connectivity index (χ1) is 24.3. The number of ether oxygens (including phenoxy) is 3. The molecule has 1 saturated heterocycles. The van der Waals surface area contributed by atoms with Crippen LogP contribution in [0.1, 0.15) is 89.5 Å². The van der Waals surface area contributed by atoms with Crippen molar-refractivity contribution < 1.29 is 33.4 Å². The molecule has 6 rings (SSSR count). The van der Waals surface area contributed by atoms with Gasteiger partial charge in [0.1, 0.15) is 29.0 Å². The number of carbonyl (C=O) groups excluding carboxylic acids is 4. The molecule has 1 aromatic carbocycles. The van der Waals surface area contributed by atoms with E-state index in [9.17, 15) is 24.4 Å². The van der Waals surface area contributed by atoms with Crippen molar-refractivity contribution in [2.45, 2.75) is 115 Å². The predicted molar refractivity (Wildman–Crippen MR) is 189 cm³/mol. The Kier molecular flexibility index (Phi) is 9.86. The minimum absolute atomic E-state index is 0.0805. The van der Waals surface area contributed by atoms with E-state index >= 15 is 0 Å². The summed E-state index contributed by atoms with van der Waals surface area (Å²) in [6, 6.07) is 5.61. The number of benzene rings is 1. The fourth-order valence-electron chi connectivity index (χ4n) is 7.66. The number of rotatable bonds is 3. The van der Waals surface area contributed by atoms with Gasteiger partial charge in [-0.15, -0.1) is 0 Å². The Hall–Kier alpha value is -4.92. The monoisotopic (exact) mass is 697 g/mol. The molecule has 0 unspecified atom stereocenters. The van der Waals surface area contributed by atoms with Gasteiger partial charge in [0.15, 0.2) is 5.54 Å². The average Bonchev–Trinajstić information content (AvgIpc) is 3.44. The van der Waals surface area contributed by atoms with Crippen molar-refractivity contribution in [3.05, 3.63) is 59.3 Å². The van der Waals surface area contributed by atoms with E-state index in [1.54, 1.807) is 39.8 Å². The maximum Gasteiger partial charge on any atom is 0.408 e. The second-order valence-corrected chi connectivity index (χ2v) is 15.0. The lowest BCUT2D eigenvalue weighted by Gasteiger charge is -2.41. The number of aryl methyl sites for hydroxylation is 2. The number of alkyl carbamates (subject to hydrolysis) is 1. The van der Waals surface area contributed by atoms with E-state index in [0.717, 1.165) is 35.7 Å². The van der Waals surface area contributed by atoms with Crippen LogP contribution in [0, 0.1) is 24.2 Å². The van der Waals surface area contributed by atoms with Crippen molar-refractivity contribution >= 4 is 34.8 Å². The number of aromatic nitrogens is 1. The van der Waals surface area contributed by atoms with Gasteiger partial charge >= 0.3 is 12.1 Å². The summed E-state index contributed by atoms with van der Waals surface area (Å²) in [5.74, 6) is -1.33. The number of nitrogens with one attached hydrogen (secondary N) is 2. The molecule has 2 aromatic rings. The van der Waals surface area contributed by atoms with Crippen molar-refractivity contribution in [3.8, 4) is 11.8 Å². The zero-order valence-corrected chi connectivity index (χ0v) is 30.0. The van der Waals surface area contributed by atoms with Crippen LogP contribution in [-0.2, 0) is 30.3 Å². The molecule has 4 aliphatic rings. The number of hydrogen-bond acceptors (Lipinski definition) is 9. The third-order valence-electron chi connectivity index (χ3n) is 10.2. The largest absolute Gasteiger partial charge is 0.483 e. The first-order valence-corrected chi connectivity index (χ1v) is 18.0. The highest BCUT2D eigenvalue weighted by atomic mass is 16.6. The molecule has 2 N–H and O–H groups in total. The van der Waals surface area contributed by atoms with Crippen LogP contribution in [-0.4, -0.2) is 75.7 Å². The summed E-state index contributed by atoms with van der Waals surface area (Å²) in [6.45, 7) is 9.06. The fraction of sp³-hybridized carbons (Fsp3) is 0.538. The van der Waals surface area contributed by atoms with Gasteiger partial charge in [-0.3, -0.25) is 9.59 Å². The highest BCUT2D eigenvalue weighted by Crippen LogP contribution is 2.45. The molecule has 5 atom stereocenters. The second-order valence-electron chi connectivity index (χ2n) is 15.0. The Morgan fingerprint density at radius 3 is 2.71 bits per heavy atom. The van der Waals surface area contributed by atoms with Crippen molar-refractivity contribution in [1.82, 2.24) is 20.5 Å². The van der Waals surface area contributed by atoms with Crippen LogP contribution in [0.25, 0.3) is 10.9 Å². The minimum atomic E-state index is -1.42. The molecular formula is C39H47N5O7. The third kappa shape index (κ3) is 7.16. The first-order valence-electron chi connectivity index (χ1n) is 18.0. The Bertz CT molecular complexity index is 1840. The molecular weight excluding hydrogens is 650 g/mol. The molecule has 3 aliphatic heterocycles. The summed E-state index contributed by atoms with van der Waals surface area (Å²) < 4.78 is 17.8. The van der Waals surface area contributed by atoms with Crippen LogP contribution in [0.4, 0.5) is 4.79 Å². The Balaban J connectivity index is 1.38. The minimum Gasteiger partial charge on any atom is -0.483 e. The van der Waals surface area contributed by atoms with Crippen LogP contribution >= 0.6 is 0 Å². The summed E-state index contributed by atoms with van der Waals surface area (Å²) in [5.41, 5.74) is -0.271. The number of fused-ring (bicyclic) bond motifs is 5. The molecule has 3 amide bonds. The lowest BCUT2D eigenvalue weighted by atomic mass is 9.73. The van der Waals surface area contributed by atoms with E-state index in [-0.39, 0.29) is 19.6 Å². The molecule has 12 nitrogen and oxygen atoms in total. The number of hydrogen-bond donors (Lipinski definition) is 2. The lowest BCUT2D eigenvalue weighted by molar-refractivity contribution is -0.154. The van der Waals surface area contributed by atoms with E-state index in [4.69, 9.17) is 19.2 Å². The smallest absolute Gasteiger partial charge is 0.408 e. The number of nitrogens with zero attached hydrogens (tertiary/aromatic N) is 3. The molecule has 0 bridgehead atoms. The van der Waals surface area contributed by atoms with Gasteiger partial charge in [0.2, 0.25) is 11.8 Å². The summed E-state index contributed by atoms with van der Waals surface area (Å²) in [5, 5.41) is 16.2. The van der Waals surface area contributed by atoms with Crippen molar-refractivity contribution in [1.29, 1.82) is 5.26 Å². The molecule has 1 fully saturated rings. The van der Waals surface area contributed by atoms with Gasteiger partial charge in [0.25, 0.3) is 0 Å². The quantitative estimate of drug-likeness (QED) is 0.329. The molecule has 51 heavy (non-hydrogen) atoms. The van der Waals surface area contributed by atoms with Gasteiger partial charge in [-0.05, 0) is 84.9 Å². The van der Waals surface area contributed by atoms with Gasteiger partial charge in [0.05, 0.1) is 36.0 Å². The summed E-state index contributed by atoms with van der Waals surface area (Å²) in [7, 11) is 0. The lowest BCUT2D eigenvalue weighted by Crippen LogP contribution is -2.65. The molecule has 12 heteroatoms. The Labute approximate surface area is 298 Å². The number of pyridine rings is 1. The standard InChI is InChI=1S/C39H47N5O7/c1-6-49-35(47)39-19-16-26(39)12-10-8-7-9-11-13-30(42-36(48)51-37(3,4)5)34(46)44-23-38(21-31(44)33(45)43-39)18-17-27-28-20-25(22-40)14-15-29(28)41-24(2)32(27)50-38/h10,12,14-16,19-20,26,30-31H,6-9,11,13,17-18,21,23H2,1-5H3,(H,42,48)(H,43,45)/b12-10-/t26-,30+,31+,38-,39-/m1/s1. The second kappa shape index (κ2) is 14.0. The number of allylic oxidation sites excluding steroid dienone is 1. The molecule has 4 heterocycles. The highest BCUT2D eigenvalue weighted by molar-refractivity contribution is 5.97. The molecule has 270 valence electrons. The van der Waals surface area contributed by atoms with E-state index in [2.05, 4.69) is 16.7 Å². The zero-order valence-electron chi connectivity index (χ0n) is 30.0. The predicted octanol–water partition coefficient (Wildman–Crippen LogP) is 5.10. The highest BCUT2D eigenvalue weighted by Gasteiger charge is 2.56. The van der Waals surface area contributed by atoms with Crippen LogP contribution in [0.15, 0.2) is 42.5 Å². The maximum absolute atomic E-state index is 14.6. The molecule has 0 radical (unpaired) electrons. The molecule has 1 aromatic heterocycles. The van der Waals surface area contributed by atoms with Gasteiger partial charge in [-0.2, -0.15) is 5.26 Å². The van der Waals surface area contributed by atoms with Crippen LogP contribution in [0.2, 0.25) is 0 Å². The third-order valence-corrected chi connectivity index (χ3v) is 10.2. The topological polar surface area (TPSA) is 160 Å².